The largest absolute Gasteiger partial charge is 0.338 e. The second-order valence-electron chi connectivity index (χ2n) is 8.21. The number of rotatable bonds is 15. The highest BCUT2D eigenvalue weighted by Gasteiger charge is 2.34. The SMILES string of the molecule is CCCCCCN=C1N=C2NC(=NCCCCCC)NC(=NCCCCCC)C2N1. The molecular weight excluding hydrogens is 374 g/mol. The molecule has 0 aromatic heterocycles. The van der Waals surface area contributed by atoms with Crippen molar-refractivity contribution in [2.24, 2.45) is 20.0 Å². The monoisotopic (exact) mass is 417 g/mol. The molecule has 3 N–H and O–H groups in total. The second kappa shape index (κ2) is 15.0. The van der Waals surface area contributed by atoms with Crippen LogP contribution in [0.5, 0.6) is 0 Å². The third-order valence-electron chi connectivity index (χ3n) is 5.39. The molecule has 0 radical (unpaired) electrons. The van der Waals surface area contributed by atoms with Crippen LogP contribution in [0.3, 0.4) is 0 Å². The Morgan fingerprint density at radius 1 is 0.667 bits per heavy atom. The van der Waals surface area contributed by atoms with Gasteiger partial charge in [0.05, 0.1) is 0 Å². The van der Waals surface area contributed by atoms with Gasteiger partial charge in [-0.3, -0.25) is 15.0 Å². The van der Waals surface area contributed by atoms with Crippen LogP contribution in [0.2, 0.25) is 0 Å². The van der Waals surface area contributed by atoms with Crippen LogP contribution in [0.25, 0.3) is 0 Å². The van der Waals surface area contributed by atoms with E-state index >= 15 is 0 Å². The van der Waals surface area contributed by atoms with Crippen molar-refractivity contribution in [2.45, 2.75) is 104 Å². The number of guanidine groups is 2. The van der Waals surface area contributed by atoms with Gasteiger partial charge >= 0.3 is 0 Å². The van der Waals surface area contributed by atoms with E-state index in [-0.39, 0.29) is 6.04 Å². The second-order valence-corrected chi connectivity index (χ2v) is 8.21. The molecule has 0 spiro atoms. The summed E-state index contributed by atoms with van der Waals surface area (Å²) in [6.07, 6.45) is 14.6. The Labute approximate surface area is 183 Å². The predicted octanol–water partition coefficient (Wildman–Crippen LogP) is 4.40. The highest BCUT2D eigenvalue weighted by Crippen LogP contribution is 2.08. The Balaban J connectivity index is 1.97. The van der Waals surface area contributed by atoms with Gasteiger partial charge in [-0.25, -0.2) is 0 Å². The summed E-state index contributed by atoms with van der Waals surface area (Å²) in [4.78, 5) is 18.9. The van der Waals surface area contributed by atoms with Crippen LogP contribution >= 0.6 is 0 Å². The van der Waals surface area contributed by atoms with Gasteiger partial charge in [-0.15, -0.1) is 0 Å². The van der Waals surface area contributed by atoms with Gasteiger partial charge in [0.15, 0.2) is 0 Å². The number of hydrogen-bond donors (Lipinski definition) is 3. The van der Waals surface area contributed by atoms with Gasteiger partial charge in [0, 0.05) is 19.6 Å². The number of fused-ring (bicyclic) bond motifs is 1. The number of aliphatic imine (C=N–C) groups is 4. The van der Waals surface area contributed by atoms with Crippen LogP contribution in [0.1, 0.15) is 97.8 Å². The van der Waals surface area contributed by atoms with E-state index in [9.17, 15) is 0 Å². The summed E-state index contributed by atoms with van der Waals surface area (Å²) >= 11 is 0. The zero-order chi connectivity index (χ0) is 21.4. The lowest BCUT2D eigenvalue weighted by molar-refractivity contribution is 0.670. The molecule has 0 bridgehead atoms. The lowest BCUT2D eigenvalue weighted by Gasteiger charge is -2.26. The maximum Gasteiger partial charge on any atom is 0.220 e. The molecule has 1 fully saturated rings. The minimum Gasteiger partial charge on any atom is -0.338 e. The standard InChI is InChI=1S/C23H43N7/c1-4-7-10-13-16-24-20-19-21(29-22(27-19)25-17-14-11-8-5-2)30-23(28-20)26-18-15-12-9-6-3/h19H,4-18H2,1-3H3,(H3,24,25,26,27,28,29,30). The van der Waals surface area contributed by atoms with Gasteiger partial charge in [-0.1, -0.05) is 78.6 Å². The molecule has 1 saturated heterocycles. The number of amidine groups is 2. The molecule has 0 aliphatic carbocycles. The first kappa shape index (κ1) is 24.4. The topological polar surface area (TPSA) is 85.5 Å². The molecule has 2 aliphatic rings. The van der Waals surface area contributed by atoms with Crippen LogP contribution in [-0.2, 0) is 0 Å². The number of nitrogens with zero attached hydrogens (tertiary/aromatic N) is 4. The molecule has 1 atom stereocenters. The summed E-state index contributed by atoms with van der Waals surface area (Å²) < 4.78 is 0. The van der Waals surface area contributed by atoms with Crippen molar-refractivity contribution in [1.29, 1.82) is 0 Å². The van der Waals surface area contributed by atoms with Crippen molar-refractivity contribution in [3.63, 3.8) is 0 Å². The average molecular weight is 418 g/mol. The summed E-state index contributed by atoms with van der Waals surface area (Å²) in [7, 11) is 0. The normalized spacial score (nSPS) is 22.0. The average Bonchev–Trinajstić information content (AvgIpc) is 3.16. The Bertz CT molecular complexity index is 607. The lowest BCUT2D eigenvalue weighted by Crippen LogP contribution is -2.62. The van der Waals surface area contributed by atoms with E-state index in [0.717, 1.165) is 56.5 Å². The Kier molecular flexibility index (Phi) is 12.1. The molecule has 2 heterocycles. The van der Waals surface area contributed by atoms with E-state index in [2.05, 4.69) is 46.7 Å². The van der Waals surface area contributed by atoms with E-state index in [0.29, 0.717) is 5.96 Å². The summed E-state index contributed by atoms with van der Waals surface area (Å²) in [5.74, 6) is 3.25. The van der Waals surface area contributed by atoms with Crippen LogP contribution < -0.4 is 16.0 Å². The summed E-state index contributed by atoms with van der Waals surface area (Å²) in [5, 5.41) is 10.2. The zero-order valence-corrected chi connectivity index (χ0v) is 19.5. The van der Waals surface area contributed by atoms with Crippen molar-refractivity contribution in [3.8, 4) is 0 Å². The van der Waals surface area contributed by atoms with E-state index in [1.807, 2.05) is 0 Å². The van der Waals surface area contributed by atoms with Gasteiger partial charge in [0.2, 0.25) is 11.9 Å². The van der Waals surface area contributed by atoms with Crippen molar-refractivity contribution in [2.75, 3.05) is 19.6 Å². The number of nitrogens with one attached hydrogen (secondary N) is 3. The number of unbranched alkanes of at least 4 members (excludes halogenated alkanes) is 9. The lowest BCUT2D eigenvalue weighted by atomic mass is 10.2. The molecule has 2 aliphatic heterocycles. The first-order valence-electron chi connectivity index (χ1n) is 12.3. The quantitative estimate of drug-likeness (QED) is 0.345. The minimum absolute atomic E-state index is 0.0652. The smallest absolute Gasteiger partial charge is 0.220 e. The Morgan fingerprint density at radius 2 is 1.23 bits per heavy atom. The molecule has 1 unspecified atom stereocenters. The van der Waals surface area contributed by atoms with Crippen LogP contribution in [-0.4, -0.2) is 49.3 Å². The van der Waals surface area contributed by atoms with E-state index in [1.165, 1.54) is 57.8 Å². The Morgan fingerprint density at radius 3 is 1.83 bits per heavy atom. The fourth-order valence-corrected chi connectivity index (χ4v) is 3.53. The van der Waals surface area contributed by atoms with E-state index in [1.54, 1.807) is 0 Å². The highest BCUT2D eigenvalue weighted by molar-refractivity contribution is 6.28. The van der Waals surface area contributed by atoms with Crippen molar-refractivity contribution >= 4 is 23.6 Å². The molecule has 7 nitrogen and oxygen atoms in total. The maximum absolute atomic E-state index is 4.85. The molecular formula is C23H43N7. The van der Waals surface area contributed by atoms with Gasteiger partial charge in [0.1, 0.15) is 17.7 Å². The first-order valence-corrected chi connectivity index (χ1v) is 12.3. The van der Waals surface area contributed by atoms with Gasteiger partial charge < -0.3 is 16.0 Å². The van der Waals surface area contributed by atoms with Gasteiger partial charge in [0.25, 0.3) is 0 Å². The molecule has 2 rings (SSSR count). The number of hydrogen-bond acceptors (Lipinski definition) is 3. The molecule has 0 saturated carbocycles. The summed E-state index contributed by atoms with van der Waals surface area (Å²) in [6, 6.07) is -0.0652. The zero-order valence-electron chi connectivity index (χ0n) is 19.5. The van der Waals surface area contributed by atoms with Crippen LogP contribution in [0.4, 0.5) is 0 Å². The van der Waals surface area contributed by atoms with Crippen LogP contribution in [0.15, 0.2) is 20.0 Å². The fourth-order valence-electron chi connectivity index (χ4n) is 3.53. The molecule has 170 valence electrons. The van der Waals surface area contributed by atoms with Crippen molar-refractivity contribution < 1.29 is 0 Å². The van der Waals surface area contributed by atoms with Crippen LogP contribution in [0, 0.1) is 0 Å². The molecule has 7 heteroatoms. The van der Waals surface area contributed by atoms with Crippen molar-refractivity contribution in [1.82, 2.24) is 16.0 Å². The molecule has 30 heavy (non-hydrogen) atoms. The van der Waals surface area contributed by atoms with E-state index in [4.69, 9.17) is 9.98 Å². The summed E-state index contributed by atoms with van der Waals surface area (Å²) in [6.45, 7) is 9.17. The Hall–Kier alpha value is -1.92. The fraction of sp³-hybridized carbons (Fsp3) is 0.826. The predicted molar refractivity (Wildman–Crippen MR) is 130 cm³/mol. The third-order valence-corrected chi connectivity index (χ3v) is 5.39. The minimum atomic E-state index is -0.0652. The molecule has 0 aromatic carbocycles. The van der Waals surface area contributed by atoms with Crippen molar-refractivity contribution in [3.05, 3.63) is 0 Å². The molecule has 0 amide bonds. The molecule has 0 aromatic rings. The van der Waals surface area contributed by atoms with E-state index < -0.39 is 0 Å². The first-order chi connectivity index (χ1) is 14.8. The maximum atomic E-state index is 4.85. The summed E-state index contributed by atoms with van der Waals surface area (Å²) in [5.41, 5.74) is 0. The van der Waals surface area contributed by atoms with Gasteiger partial charge in [-0.05, 0) is 19.3 Å². The highest BCUT2D eigenvalue weighted by atomic mass is 15.4. The van der Waals surface area contributed by atoms with Gasteiger partial charge in [-0.2, -0.15) is 4.99 Å². The third kappa shape index (κ3) is 8.84.